The first-order valence-electron chi connectivity index (χ1n) is 9.57. The van der Waals surface area contributed by atoms with Crippen molar-refractivity contribution in [2.45, 2.75) is 25.4 Å². The van der Waals surface area contributed by atoms with Gasteiger partial charge in [0.2, 0.25) is 5.91 Å². The van der Waals surface area contributed by atoms with Crippen molar-refractivity contribution in [2.24, 2.45) is 0 Å². The highest BCUT2D eigenvalue weighted by Crippen LogP contribution is 2.21. The fourth-order valence-corrected chi connectivity index (χ4v) is 4.02. The van der Waals surface area contributed by atoms with Crippen LogP contribution in [0.1, 0.15) is 24.7 Å². The van der Waals surface area contributed by atoms with Gasteiger partial charge in [0.25, 0.3) is 0 Å². The Morgan fingerprint density at radius 3 is 2.97 bits per heavy atom. The van der Waals surface area contributed by atoms with E-state index in [9.17, 15) is 9.59 Å². The van der Waals surface area contributed by atoms with Crippen LogP contribution in [0.5, 0.6) is 0 Å². The van der Waals surface area contributed by atoms with Crippen molar-refractivity contribution in [1.29, 1.82) is 0 Å². The van der Waals surface area contributed by atoms with Crippen molar-refractivity contribution in [3.05, 3.63) is 63.9 Å². The number of imidazole rings is 1. The van der Waals surface area contributed by atoms with E-state index in [-0.39, 0.29) is 24.9 Å². The fraction of sp³-hybridized carbons (Fsp3) is 0.286. The first-order chi connectivity index (χ1) is 14.5. The van der Waals surface area contributed by atoms with E-state index in [0.717, 1.165) is 29.0 Å². The van der Waals surface area contributed by atoms with Gasteiger partial charge in [-0.2, -0.15) is 11.8 Å². The van der Waals surface area contributed by atoms with E-state index in [2.05, 4.69) is 15.3 Å². The van der Waals surface area contributed by atoms with Crippen LogP contribution in [-0.4, -0.2) is 32.5 Å². The Labute approximate surface area is 181 Å². The topological polar surface area (TPSA) is 92.9 Å². The number of aromatic amines is 1. The number of halogens is 1. The number of carbonyl (C=O) groups excluding carboxylic acids is 1. The maximum absolute atomic E-state index is 12.7. The number of nitrogens with one attached hydrogen (secondary N) is 2. The highest BCUT2D eigenvalue weighted by atomic mass is 35.5. The minimum absolute atomic E-state index is 0.146. The summed E-state index contributed by atoms with van der Waals surface area (Å²) >= 11 is 7.66. The summed E-state index contributed by atoms with van der Waals surface area (Å²) in [5.74, 6) is 0.960. The molecule has 0 unspecified atom stereocenters. The molecule has 4 rings (SSSR count). The van der Waals surface area contributed by atoms with Crippen LogP contribution >= 0.6 is 23.4 Å². The summed E-state index contributed by atoms with van der Waals surface area (Å²) in [7, 11) is 0. The Morgan fingerprint density at radius 1 is 1.33 bits per heavy atom. The molecule has 0 fully saturated rings. The van der Waals surface area contributed by atoms with Gasteiger partial charge in [-0.05, 0) is 42.7 Å². The zero-order valence-electron chi connectivity index (χ0n) is 16.4. The molecule has 156 valence electrons. The number of benzene rings is 2. The first kappa shape index (κ1) is 20.6. The molecule has 0 aliphatic rings. The lowest BCUT2D eigenvalue weighted by Gasteiger charge is -2.16. The first-order valence-corrected chi connectivity index (χ1v) is 11.3. The van der Waals surface area contributed by atoms with Gasteiger partial charge in [-0.3, -0.25) is 9.36 Å². The van der Waals surface area contributed by atoms with E-state index in [1.54, 1.807) is 30.0 Å². The zero-order valence-corrected chi connectivity index (χ0v) is 17.9. The monoisotopic (exact) mass is 444 g/mol. The number of hydrogen-bond donors (Lipinski definition) is 2. The predicted octanol–water partition coefficient (Wildman–Crippen LogP) is 4.12. The Balaban J connectivity index is 1.48. The minimum atomic E-state index is -0.503. The van der Waals surface area contributed by atoms with Crippen LogP contribution in [0.2, 0.25) is 5.02 Å². The second-order valence-corrected chi connectivity index (χ2v) is 8.34. The number of H-pyrrole nitrogens is 1. The molecule has 0 saturated carbocycles. The van der Waals surface area contributed by atoms with Crippen LogP contribution in [0.15, 0.2) is 51.7 Å². The lowest BCUT2D eigenvalue weighted by molar-refractivity contribution is -0.122. The van der Waals surface area contributed by atoms with Crippen LogP contribution in [-0.2, 0) is 11.3 Å². The predicted molar refractivity (Wildman–Crippen MR) is 120 cm³/mol. The van der Waals surface area contributed by atoms with Gasteiger partial charge in [0.15, 0.2) is 5.58 Å². The maximum atomic E-state index is 12.7. The van der Waals surface area contributed by atoms with Crippen molar-refractivity contribution >= 4 is 51.4 Å². The number of hydrogen-bond acceptors (Lipinski definition) is 5. The minimum Gasteiger partial charge on any atom is -0.408 e. The smallest absolute Gasteiger partial charge is 0.408 e. The summed E-state index contributed by atoms with van der Waals surface area (Å²) < 4.78 is 6.67. The third-order valence-corrected chi connectivity index (χ3v) is 5.76. The SMILES string of the molecule is CSCC[C@@H](NC(=O)CCn1c(=O)oc2cc(Cl)ccc21)c1nc2ccccc2[nH]1. The number of nitrogens with zero attached hydrogens (tertiary/aromatic N) is 2. The Kier molecular flexibility index (Phi) is 6.15. The molecular formula is C21H21ClN4O3S. The van der Waals surface area contributed by atoms with Crippen molar-refractivity contribution in [1.82, 2.24) is 19.9 Å². The molecule has 30 heavy (non-hydrogen) atoms. The number of oxazole rings is 1. The summed E-state index contributed by atoms with van der Waals surface area (Å²) in [6.45, 7) is 0.217. The normalized spacial score (nSPS) is 12.5. The standard InChI is InChI=1S/C21H21ClN4O3S/c1-30-11-9-16(20-24-14-4-2-3-5-15(14)25-20)23-19(27)8-10-26-17-7-6-13(22)12-18(17)29-21(26)28/h2-7,12,16H,8-11H2,1H3,(H,23,27)(H,24,25)/t16-/m1/s1. The molecule has 9 heteroatoms. The number of aromatic nitrogens is 3. The third-order valence-electron chi connectivity index (χ3n) is 4.88. The molecule has 0 saturated heterocycles. The molecular weight excluding hydrogens is 424 g/mol. The lowest BCUT2D eigenvalue weighted by atomic mass is 10.2. The van der Waals surface area contributed by atoms with Gasteiger partial charge in [0.1, 0.15) is 5.82 Å². The van der Waals surface area contributed by atoms with Gasteiger partial charge in [-0.1, -0.05) is 23.7 Å². The second-order valence-electron chi connectivity index (χ2n) is 6.92. The number of fused-ring (bicyclic) bond motifs is 2. The zero-order chi connectivity index (χ0) is 21.1. The number of thioether (sulfide) groups is 1. The van der Waals surface area contributed by atoms with Crippen molar-refractivity contribution in [2.75, 3.05) is 12.0 Å². The number of para-hydroxylation sites is 2. The Morgan fingerprint density at radius 2 is 2.17 bits per heavy atom. The quantitative estimate of drug-likeness (QED) is 0.426. The summed E-state index contributed by atoms with van der Waals surface area (Å²) in [6.07, 6.45) is 2.92. The second kappa shape index (κ2) is 8.97. The largest absolute Gasteiger partial charge is 0.419 e. The molecule has 2 N–H and O–H groups in total. The molecule has 0 aliphatic heterocycles. The van der Waals surface area contributed by atoms with E-state index in [4.69, 9.17) is 16.0 Å². The van der Waals surface area contributed by atoms with Crippen LogP contribution in [0, 0.1) is 0 Å². The molecule has 0 radical (unpaired) electrons. The molecule has 1 atom stereocenters. The van der Waals surface area contributed by atoms with E-state index in [1.165, 1.54) is 4.57 Å². The van der Waals surface area contributed by atoms with Gasteiger partial charge in [0.05, 0.1) is 22.6 Å². The highest BCUT2D eigenvalue weighted by molar-refractivity contribution is 7.98. The van der Waals surface area contributed by atoms with E-state index < -0.39 is 5.76 Å². The Hall–Kier alpha value is -2.71. The van der Waals surface area contributed by atoms with Gasteiger partial charge in [-0.25, -0.2) is 9.78 Å². The van der Waals surface area contributed by atoms with Crippen LogP contribution < -0.4 is 11.1 Å². The van der Waals surface area contributed by atoms with Crippen LogP contribution in [0.25, 0.3) is 22.1 Å². The van der Waals surface area contributed by atoms with Crippen molar-refractivity contribution in [3.63, 3.8) is 0 Å². The van der Waals surface area contributed by atoms with Gasteiger partial charge >= 0.3 is 5.76 Å². The van der Waals surface area contributed by atoms with Crippen LogP contribution in [0.3, 0.4) is 0 Å². The van der Waals surface area contributed by atoms with Gasteiger partial charge < -0.3 is 14.7 Å². The maximum Gasteiger partial charge on any atom is 0.419 e. The average Bonchev–Trinajstić information content (AvgIpc) is 3.29. The van der Waals surface area contributed by atoms with Gasteiger partial charge in [0, 0.05) is 24.1 Å². The number of amides is 1. The number of aryl methyl sites for hydroxylation is 1. The third kappa shape index (κ3) is 4.39. The molecule has 2 heterocycles. The summed E-state index contributed by atoms with van der Waals surface area (Å²) in [6, 6.07) is 12.5. The molecule has 2 aromatic heterocycles. The lowest BCUT2D eigenvalue weighted by Crippen LogP contribution is -2.31. The molecule has 0 aliphatic carbocycles. The summed E-state index contributed by atoms with van der Waals surface area (Å²) in [4.78, 5) is 32.8. The molecule has 4 aromatic rings. The highest BCUT2D eigenvalue weighted by Gasteiger charge is 2.19. The molecule has 0 spiro atoms. The fourth-order valence-electron chi connectivity index (χ4n) is 3.38. The van der Waals surface area contributed by atoms with E-state index in [0.29, 0.717) is 16.1 Å². The summed E-state index contributed by atoms with van der Waals surface area (Å²) in [5, 5.41) is 3.54. The van der Waals surface area contributed by atoms with Gasteiger partial charge in [-0.15, -0.1) is 0 Å². The average molecular weight is 445 g/mol. The van der Waals surface area contributed by atoms with Crippen LogP contribution in [0.4, 0.5) is 0 Å². The summed E-state index contributed by atoms with van der Waals surface area (Å²) in [5.41, 5.74) is 2.83. The molecule has 2 aromatic carbocycles. The number of carbonyl (C=O) groups is 1. The van der Waals surface area contributed by atoms with Crippen molar-refractivity contribution < 1.29 is 9.21 Å². The number of rotatable bonds is 8. The Bertz CT molecular complexity index is 1210. The van der Waals surface area contributed by atoms with Crippen molar-refractivity contribution in [3.8, 4) is 0 Å². The molecule has 7 nitrogen and oxygen atoms in total. The molecule has 1 amide bonds. The van der Waals surface area contributed by atoms with E-state index >= 15 is 0 Å². The van der Waals surface area contributed by atoms with E-state index in [1.807, 2.05) is 30.5 Å². The molecule has 0 bridgehead atoms.